The van der Waals surface area contributed by atoms with Gasteiger partial charge in [-0.05, 0) is 37.3 Å². The van der Waals surface area contributed by atoms with Crippen LogP contribution in [0.5, 0.6) is 0 Å². The topological polar surface area (TPSA) is 102 Å². The molecule has 0 saturated carbocycles. The summed E-state index contributed by atoms with van der Waals surface area (Å²) in [4.78, 5) is 36.7. The third-order valence-corrected chi connectivity index (χ3v) is 4.76. The monoisotopic (exact) mass is 395 g/mol. The quantitative estimate of drug-likeness (QED) is 0.342. The summed E-state index contributed by atoms with van der Waals surface area (Å²) in [6.07, 6.45) is 8.13. The molecule has 1 fully saturated rings. The maximum absolute atomic E-state index is 13.9. The number of hydrogen-bond donors (Lipinski definition) is 0. The van der Waals surface area contributed by atoms with Crippen LogP contribution in [0.1, 0.15) is 36.0 Å². The van der Waals surface area contributed by atoms with Crippen molar-refractivity contribution in [3.63, 3.8) is 0 Å². The zero-order chi connectivity index (χ0) is 20.8. The third kappa shape index (κ3) is 5.43. The summed E-state index contributed by atoms with van der Waals surface area (Å²) in [5, 5.41) is 10.7. The van der Waals surface area contributed by atoms with Crippen molar-refractivity contribution in [1.82, 2.24) is 14.9 Å². The molecule has 0 N–H and O–H groups in total. The van der Waals surface area contributed by atoms with E-state index in [1.807, 2.05) is 0 Å². The molecule has 2 radical (unpaired) electrons. The molecule has 0 bridgehead atoms. The van der Waals surface area contributed by atoms with E-state index in [1.54, 1.807) is 11.1 Å². The van der Waals surface area contributed by atoms with E-state index in [0.29, 0.717) is 30.9 Å². The first-order chi connectivity index (χ1) is 13.9. The van der Waals surface area contributed by atoms with E-state index in [0.717, 1.165) is 31.4 Å². The van der Waals surface area contributed by atoms with Crippen LogP contribution >= 0.6 is 0 Å². The minimum atomic E-state index is -1.01. The number of nitrogens with zero attached hydrogens (tertiary/aromatic N) is 5. The highest BCUT2D eigenvalue weighted by Gasteiger charge is 2.22. The molecule has 10 heteroatoms. The van der Waals surface area contributed by atoms with Gasteiger partial charge in [0.1, 0.15) is 7.85 Å². The van der Waals surface area contributed by atoms with Crippen molar-refractivity contribution in [3.8, 4) is 0 Å². The average Bonchev–Trinajstić information content (AvgIpc) is 2.68. The Bertz CT molecular complexity index is 923. The first-order valence-corrected chi connectivity index (χ1v) is 9.29. The second-order valence-electron chi connectivity index (χ2n) is 6.85. The fraction of sp³-hybridized carbons (Fsp3) is 0.368. The number of hydrogen-bond acceptors (Lipinski definition) is 6. The van der Waals surface area contributed by atoms with Crippen molar-refractivity contribution in [1.29, 1.82) is 0 Å². The van der Waals surface area contributed by atoms with E-state index in [2.05, 4.69) is 15.0 Å². The molecule has 1 aliphatic heterocycles. The highest BCUT2D eigenvalue weighted by atomic mass is 19.1. The van der Waals surface area contributed by atoms with Crippen molar-refractivity contribution in [2.75, 3.05) is 13.1 Å². The van der Waals surface area contributed by atoms with Crippen molar-refractivity contribution < 1.29 is 14.1 Å². The number of rotatable bonds is 4. The Hall–Kier alpha value is -3.17. The molecule has 1 atom stereocenters. The Kier molecular flexibility index (Phi) is 6.63. The van der Waals surface area contributed by atoms with Crippen LogP contribution in [0, 0.1) is 21.8 Å². The number of carbonyl (C=O) groups is 1. The predicted molar refractivity (Wildman–Crippen MR) is 106 cm³/mol. The lowest BCUT2D eigenvalue weighted by Gasteiger charge is -2.27. The van der Waals surface area contributed by atoms with E-state index in [4.69, 9.17) is 7.85 Å². The highest BCUT2D eigenvalue weighted by molar-refractivity contribution is 6.31. The Morgan fingerprint density at radius 3 is 2.72 bits per heavy atom. The van der Waals surface area contributed by atoms with Crippen LogP contribution in [0.4, 0.5) is 16.0 Å². The first kappa shape index (κ1) is 20.6. The number of nitro benzene ring substituents is 1. The van der Waals surface area contributed by atoms with Crippen LogP contribution in [0.25, 0.3) is 0 Å². The molecule has 1 amide bonds. The average molecular weight is 395 g/mol. The Morgan fingerprint density at radius 1 is 1.28 bits per heavy atom. The normalized spacial score (nSPS) is 17.7. The van der Waals surface area contributed by atoms with Gasteiger partial charge in [0.25, 0.3) is 5.91 Å². The number of benzene rings is 1. The first-order valence-electron chi connectivity index (χ1n) is 9.29. The molecule has 3 rings (SSSR count). The van der Waals surface area contributed by atoms with Crippen molar-refractivity contribution in [3.05, 3.63) is 52.1 Å². The fourth-order valence-corrected chi connectivity index (χ4v) is 3.18. The predicted octanol–water partition coefficient (Wildman–Crippen LogP) is 2.35. The van der Waals surface area contributed by atoms with Crippen LogP contribution in [0.3, 0.4) is 0 Å². The second-order valence-corrected chi connectivity index (χ2v) is 6.85. The van der Waals surface area contributed by atoms with Gasteiger partial charge in [-0.15, -0.1) is 0 Å². The highest BCUT2D eigenvalue weighted by Crippen LogP contribution is 2.21. The Morgan fingerprint density at radius 2 is 2.03 bits per heavy atom. The largest absolute Gasteiger partial charge is 0.339 e. The van der Waals surface area contributed by atoms with Gasteiger partial charge in [-0.2, -0.15) is 4.39 Å². The summed E-state index contributed by atoms with van der Waals surface area (Å²) in [6, 6.07) is 3.24. The molecule has 148 valence electrons. The molecule has 1 aromatic heterocycles. The van der Waals surface area contributed by atoms with Gasteiger partial charge in [-0.25, -0.2) is 15.0 Å². The zero-order valence-electron chi connectivity index (χ0n) is 15.7. The lowest BCUT2D eigenvalue weighted by Crippen LogP contribution is -2.35. The third-order valence-electron chi connectivity index (χ3n) is 4.76. The number of aliphatic imine (C=N–C) groups is 1. The number of aromatic nitrogens is 2. The van der Waals surface area contributed by atoms with Gasteiger partial charge in [0.2, 0.25) is 11.8 Å². The van der Waals surface area contributed by atoms with Crippen LogP contribution < -0.4 is 5.46 Å². The van der Waals surface area contributed by atoms with Gasteiger partial charge in [-0.3, -0.25) is 14.9 Å². The molecule has 1 unspecified atom stereocenters. The summed E-state index contributed by atoms with van der Waals surface area (Å²) in [7, 11) is 5.56. The minimum absolute atomic E-state index is 0.106. The molecule has 0 aliphatic carbocycles. The molecule has 1 aromatic carbocycles. The standard InChI is InChI=1S/C19H19BFN5O3/c20-15-11-23-19(24-12-15)22-10-13-3-1-2-7-25(8-6-13)18(27)14-4-5-17(26(28)29)16(21)9-14/h4-5,9-13H,1-3,6-8H2/b22-10+. The van der Waals surface area contributed by atoms with Crippen LogP contribution in [-0.4, -0.2) is 52.8 Å². The van der Waals surface area contributed by atoms with E-state index in [1.165, 1.54) is 18.5 Å². The molecule has 8 nitrogen and oxygen atoms in total. The number of halogens is 1. The van der Waals surface area contributed by atoms with Crippen LogP contribution in [-0.2, 0) is 0 Å². The van der Waals surface area contributed by atoms with Gasteiger partial charge in [-0.1, -0.05) is 11.9 Å². The SMILES string of the molecule is [B]c1cnc(/N=C/C2CCCCN(C(=O)c3ccc([N+](=O)[O-])c(F)c3)CC2)nc1. The van der Waals surface area contributed by atoms with Crippen molar-refractivity contribution >= 4 is 37.1 Å². The van der Waals surface area contributed by atoms with Gasteiger partial charge in [0.05, 0.1) is 4.92 Å². The molecule has 2 heterocycles. The number of carbonyl (C=O) groups excluding carboxylic acids is 1. The second kappa shape index (κ2) is 9.36. The summed E-state index contributed by atoms with van der Waals surface area (Å²) < 4.78 is 13.9. The van der Waals surface area contributed by atoms with Crippen LogP contribution in [0.15, 0.2) is 35.6 Å². The number of amides is 1. The lowest BCUT2D eigenvalue weighted by atomic mass is 9.96. The summed E-state index contributed by atoms with van der Waals surface area (Å²) in [6.45, 7) is 1.04. The van der Waals surface area contributed by atoms with Gasteiger partial charge in [0, 0.05) is 43.3 Å². The van der Waals surface area contributed by atoms with E-state index >= 15 is 0 Å². The van der Waals surface area contributed by atoms with Gasteiger partial charge in [0.15, 0.2) is 0 Å². The molecule has 2 aromatic rings. The molecule has 29 heavy (non-hydrogen) atoms. The van der Waals surface area contributed by atoms with E-state index < -0.39 is 16.4 Å². The molecular weight excluding hydrogens is 376 g/mol. The maximum Gasteiger partial charge on any atom is 0.304 e. The fourth-order valence-electron chi connectivity index (χ4n) is 3.18. The molecule has 1 saturated heterocycles. The lowest BCUT2D eigenvalue weighted by molar-refractivity contribution is -0.387. The summed E-state index contributed by atoms with van der Waals surface area (Å²) >= 11 is 0. The Balaban J connectivity index is 1.65. The van der Waals surface area contributed by atoms with E-state index in [-0.39, 0.29) is 17.4 Å². The molecule has 0 spiro atoms. The number of likely N-dealkylation sites (tertiary alicyclic amines) is 1. The van der Waals surface area contributed by atoms with Crippen molar-refractivity contribution in [2.24, 2.45) is 10.9 Å². The van der Waals surface area contributed by atoms with Crippen molar-refractivity contribution in [2.45, 2.75) is 25.7 Å². The smallest absolute Gasteiger partial charge is 0.304 e. The molecule has 1 aliphatic rings. The van der Waals surface area contributed by atoms with E-state index in [9.17, 15) is 19.3 Å². The summed E-state index contributed by atoms with van der Waals surface area (Å²) in [5.74, 6) is -0.865. The van der Waals surface area contributed by atoms with Gasteiger partial charge < -0.3 is 4.90 Å². The number of nitro groups is 1. The maximum atomic E-state index is 13.9. The zero-order valence-corrected chi connectivity index (χ0v) is 15.7. The minimum Gasteiger partial charge on any atom is -0.339 e. The molecular formula is C19H19BFN5O3. The van der Waals surface area contributed by atoms with Crippen LogP contribution in [0.2, 0.25) is 0 Å². The van der Waals surface area contributed by atoms with Gasteiger partial charge >= 0.3 is 5.69 Å². The Labute approximate surface area is 168 Å². The summed E-state index contributed by atoms with van der Waals surface area (Å²) in [5.41, 5.74) is -0.0729.